The first kappa shape index (κ1) is 12.1. The molecule has 76 valence electrons. The number of hydrogen-bond acceptors (Lipinski definition) is 0. The molecule has 0 saturated heterocycles. The molecule has 0 aromatic carbocycles. The van der Waals surface area contributed by atoms with Crippen LogP contribution in [0.4, 0.5) is 4.32 Å². The Bertz CT molecular complexity index is 279. The molecule has 0 nitrogen and oxygen atoms in total. The van der Waals surface area contributed by atoms with Gasteiger partial charge in [-0.05, 0) is 0 Å². The number of allylic oxidation sites excluding steroid dienone is 5. The van der Waals surface area contributed by atoms with E-state index in [2.05, 4.69) is 22.5 Å². The summed E-state index contributed by atoms with van der Waals surface area (Å²) in [6.07, 6.45) is 8.15. The third kappa shape index (κ3) is 2.53. The molecule has 0 heterocycles. The zero-order valence-corrected chi connectivity index (χ0v) is 12.1. The van der Waals surface area contributed by atoms with Gasteiger partial charge in [-0.2, -0.15) is 0 Å². The first-order valence-electron chi connectivity index (χ1n) is 5.13. The molecule has 1 aliphatic carbocycles. The van der Waals surface area contributed by atoms with Gasteiger partial charge in [0.25, 0.3) is 0 Å². The van der Waals surface area contributed by atoms with Crippen molar-refractivity contribution in [2.75, 3.05) is 0 Å². The molecule has 0 saturated carbocycles. The summed E-state index contributed by atoms with van der Waals surface area (Å²) in [4.78, 5) is 4.70. The molecule has 14 heavy (non-hydrogen) atoms. The van der Waals surface area contributed by atoms with E-state index in [0.29, 0.717) is 0 Å². The van der Waals surface area contributed by atoms with E-state index in [1.165, 1.54) is 3.59 Å². The number of rotatable bonds is 4. The molecule has 1 rings (SSSR count). The van der Waals surface area contributed by atoms with E-state index in [0.717, 1.165) is 4.44 Å². The van der Waals surface area contributed by atoms with Crippen LogP contribution in [0, 0.1) is 0 Å². The van der Waals surface area contributed by atoms with Crippen molar-refractivity contribution in [2.45, 2.75) is 27.0 Å². The number of halogens is 1. The van der Waals surface area contributed by atoms with E-state index in [-0.39, 0.29) is 5.82 Å². The van der Waals surface area contributed by atoms with E-state index >= 15 is 0 Å². The standard InChI is InChI=1S/C6H7BF.C3H5.2CH3.Sn/c1-7(8)6-4-2-3-5-6;1-3-2;;;/h2-4,6H,1H3;3H,1-2H2;2*1H3;. The fourth-order valence-electron chi connectivity index (χ4n) is 2.05. The molecule has 0 amide bonds. The second-order valence-electron chi connectivity index (χ2n) is 4.59. The van der Waals surface area contributed by atoms with Crippen LogP contribution >= 0.6 is 0 Å². The normalized spacial score (nSPS) is 20.9. The molecule has 0 bridgehead atoms. The van der Waals surface area contributed by atoms with Crippen LogP contribution in [0.5, 0.6) is 0 Å². The first-order chi connectivity index (χ1) is 6.49. The van der Waals surface area contributed by atoms with Gasteiger partial charge in [-0.15, -0.1) is 0 Å². The van der Waals surface area contributed by atoms with Gasteiger partial charge in [0, 0.05) is 0 Å². The molecular weight excluding hydrogens is 281 g/mol. The van der Waals surface area contributed by atoms with Crippen LogP contribution in [0.2, 0.25) is 27.0 Å². The van der Waals surface area contributed by atoms with Crippen LogP contribution in [0.15, 0.2) is 34.5 Å². The summed E-state index contributed by atoms with van der Waals surface area (Å²) >= 11 is -2.21. The summed E-state index contributed by atoms with van der Waals surface area (Å²) in [7, 11) is 0. The molecule has 1 atom stereocenters. The van der Waals surface area contributed by atoms with Crippen molar-refractivity contribution in [3.05, 3.63) is 34.5 Å². The second-order valence-corrected chi connectivity index (χ2v) is 18.2. The molecule has 0 aromatic heterocycles. The fourth-order valence-corrected chi connectivity index (χ4v) is 9.85. The van der Waals surface area contributed by atoms with E-state index < -0.39 is 25.4 Å². The predicted molar refractivity (Wildman–Crippen MR) is 66.2 cm³/mol. The van der Waals surface area contributed by atoms with E-state index in [9.17, 15) is 4.32 Å². The zero-order valence-electron chi connectivity index (χ0n) is 9.26. The zero-order chi connectivity index (χ0) is 10.8. The predicted octanol–water partition coefficient (Wildman–Crippen LogP) is 3.88. The van der Waals surface area contributed by atoms with Gasteiger partial charge >= 0.3 is 91.1 Å². The van der Waals surface area contributed by atoms with Crippen molar-refractivity contribution in [1.29, 1.82) is 0 Å². The van der Waals surface area contributed by atoms with Crippen LogP contribution in [0.25, 0.3) is 0 Å². The van der Waals surface area contributed by atoms with E-state index in [1.54, 1.807) is 6.82 Å². The molecule has 0 radical (unpaired) electrons. The van der Waals surface area contributed by atoms with Crippen LogP contribution in [0.3, 0.4) is 0 Å². The summed E-state index contributed by atoms with van der Waals surface area (Å²) in [5.74, 6) is 0.0562. The molecular formula is C11H18BFSn. The SMILES string of the molecule is C=C[CH2][Sn]([CH3])([CH3])[C]1=CC=CC1B(C)F. The van der Waals surface area contributed by atoms with Gasteiger partial charge in [0.05, 0.1) is 0 Å². The van der Waals surface area contributed by atoms with Crippen molar-refractivity contribution >= 4 is 25.4 Å². The second kappa shape index (κ2) is 4.69. The monoisotopic (exact) mass is 300 g/mol. The Morgan fingerprint density at radius 3 is 2.79 bits per heavy atom. The van der Waals surface area contributed by atoms with Crippen molar-refractivity contribution in [3.63, 3.8) is 0 Å². The topological polar surface area (TPSA) is 0 Å². The molecule has 1 aliphatic rings. The average molecular weight is 299 g/mol. The minimum atomic E-state index is -2.21. The summed E-state index contributed by atoms with van der Waals surface area (Å²) in [5, 5.41) is 0. The average Bonchev–Trinajstić information content (AvgIpc) is 2.51. The maximum atomic E-state index is 13.3. The van der Waals surface area contributed by atoms with Gasteiger partial charge in [-0.25, -0.2) is 0 Å². The van der Waals surface area contributed by atoms with E-state index in [4.69, 9.17) is 0 Å². The van der Waals surface area contributed by atoms with E-state index in [1.807, 2.05) is 18.2 Å². The maximum absolute atomic E-state index is 13.3. The van der Waals surface area contributed by atoms with Gasteiger partial charge < -0.3 is 0 Å². The van der Waals surface area contributed by atoms with Crippen LogP contribution < -0.4 is 0 Å². The third-order valence-corrected chi connectivity index (χ3v) is 12.5. The minimum absolute atomic E-state index is 0.0562. The molecule has 1 unspecified atom stereocenters. The van der Waals surface area contributed by atoms with Crippen molar-refractivity contribution in [3.8, 4) is 0 Å². The quantitative estimate of drug-likeness (QED) is 0.546. The molecule has 0 aliphatic heterocycles. The first-order valence-corrected chi connectivity index (χ1v) is 14.3. The fraction of sp³-hybridized carbons (Fsp3) is 0.455. The Labute approximate surface area is 91.0 Å². The third-order valence-electron chi connectivity index (χ3n) is 2.88. The summed E-state index contributed by atoms with van der Waals surface area (Å²) in [5.41, 5.74) is 0. The van der Waals surface area contributed by atoms with Crippen LogP contribution in [-0.4, -0.2) is 25.4 Å². The Morgan fingerprint density at radius 1 is 1.64 bits per heavy atom. The molecule has 0 fully saturated rings. The Kier molecular flexibility index (Phi) is 4.05. The Hall–Kier alpha value is 0.0136. The van der Waals surface area contributed by atoms with Crippen molar-refractivity contribution in [1.82, 2.24) is 0 Å². The number of hydrogen-bond donors (Lipinski definition) is 0. The molecule has 3 heteroatoms. The molecule has 0 spiro atoms. The van der Waals surface area contributed by atoms with Crippen molar-refractivity contribution in [2.24, 2.45) is 0 Å². The van der Waals surface area contributed by atoms with Gasteiger partial charge in [-0.3, -0.25) is 0 Å². The van der Waals surface area contributed by atoms with Gasteiger partial charge in [-0.1, -0.05) is 0 Å². The molecule has 0 N–H and O–H groups in total. The van der Waals surface area contributed by atoms with Crippen LogP contribution in [0.1, 0.15) is 0 Å². The van der Waals surface area contributed by atoms with Gasteiger partial charge in [0.1, 0.15) is 0 Å². The Balaban J connectivity index is 2.83. The van der Waals surface area contributed by atoms with Gasteiger partial charge in [0.15, 0.2) is 0 Å². The summed E-state index contributed by atoms with van der Waals surface area (Å²) in [6.45, 7) is 4.71. The Morgan fingerprint density at radius 2 is 2.29 bits per heavy atom. The summed E-state index contributed by atoms with van der Waals surface area (Å²) in [6, 6.07) is 0. The van der Waals surface area contributed by atoms with Gasteiger partial charge in [0.2, 0.25) is 0 Å². The van der Waals surface area contributed by atoms with Crippen molar-refractivity contribution < 1.29 is 4.32 Å². The molecule has 0 aromatic rings. The van der Waals surface area contributed by atoms with Crippen LogP contribution in [-0.2, 0) is 0 Å². The summed E-state index contributed by atoms with van der Waals surface area (Å²) < 4.78 is 15.8.